The molecule has 1 amide bonds. The van der Waals surface area contributed by atoms with Gasteiger partial charge in [-0.2, -0.15) is 0 Å². The third-order valence-electron chi connectivity index (χ3n) is 6.79. The van der Waals surface area contributed by atoms with Gasteiger partial charge in [0.2, 0.25) is 5.91 Å². The Bertz CT molecular complexity index is 1180. The van der Waals surface area contributed by atoms with Crippen LogP contribution in [0.4, 0.5) is 10.1 Å². The van der Waals surface area contributed by atoms with Gasteiger partial charge in [-0.3, -0.25) is 14.9 Å². The lowest BCUT2D eigenvalue weighted by atomic mass is 9.62. The Morgan fingerprint density at radius 3 is 2.46 bits per heavy atom. The molecule has 2 unspecified atom stereocenters. The normalized spacial score (nSPS) is 26.1. The Labute approximate surface area is 215 Å². The van der Waals surface area contributed by atoms with Crippen LogP contribution in [0.2, 0.25) is 0 Å². The molecule has 2 aromatic carbocycles. The second-order valence-corrected chi connectivity index (χ2v) is 12.8. The highest BCUT2D eigenvalue weighted by molar-refractivity contribution is 9.10. The summed E-state index contributed by atoms with van der Waals surface area (Å²) in [7, 11) is 0. The third kappa shape index (κ3) is 4.53. The van der Waals surface area contributed by atoms with Crippen molar-refractivity contribution < 1.29 is 18.7 Å². The Hall–Kier alpha value is -2.25. The highest BCUT2D eigenvalue weighted by Gasteiger charge is 2.66. The number of benzene rings is 2. The summed E-state index contributed by atoms with van der Waals surface area (Å²) in [5.74, 6) is -2.01. The highest BCUT2D eigenvalue weighted by atomic mass is 79.9. The number of rotatable bonds is 3. The minimum absolute atomic E-state index is 0.165. The first-order chi connectivity index (χ1) is 16.1. The van der Waals surface area contributed by atoms with Crippen LogP contribution in [0.3, 0.4) is 0 Å². The molecule has 35 heavy (non-hydrogen) atoms. The first kappa shape index (κ1) is 25.8. The molecule has 4 rings (SSSR count). The molecule has 7 heteroatoms. The van der Waals surface area contributed by atoms with E-state index < -0.39 is 40.8 Å². The SMILES string of the molecule is Cc1ccc2c(c1)NC(=O)[C@@]21C(CC(C)(C)C)N[C@@H](C(=O)OC(C)(C)C)C1c1cccc(Br)c1F. The predicted octanol–water partition coefficient (Wildman–Crippen LogP) is 5.99. The van der Waals surface area contributed by atoms with Gasteiger partial charge in [0.05, 0.1) is 4.47 Å². The highest BCUT2D eigenvalue weighted by Crippen LogP contribution is 2.57. The molecule has 0 aliphatic carbocycles. The summed E-state index contributed by atoms with van der Waals surface area (Å²) >= 11 is 3.30. The fraction of sp³-hybridized carbons (Fsp3) is 0.500. The van der Waals surface area contributed by atoms with Gasteiger partial charge in [-0.05, 0) is 84.3 Å². The lowest BCUT2D eigenvalue weighted by molar-refractivity contribution is -0.157. The van der Waals surface area contributed by atoms with Gasteiger partial charge in [-0.15, -0.1) is 0 Å². The van der Waals surface area contributed by atoms with Crippen molar-refractivity contribution in [3.63, 3.8) is 0 Å². The number of aryl methyl sites for hydroxylation is 1. The Balaban J connectivity index is 2.01. The van der Waals surface area contributed by atoms with Gasteiger partial charge in [0.15, 0.2) is 0 Å². The lowest BCUT2D eigenvalue weighted by Gasteiger charge is -2.37. The van der Waals surface area contributed by atoms with Gasteiger partial charge in [0.25, 0.3) is 0 Å². The summed E-state index contributed by atoms with van der Waals surface area (Å²) in [5.41, 5.74) is 0.713. The van der Waals surface area contributed by atoms with E-state index in [0.29, 0.717) is 17.7 Å². The molecule has 2 aromatic rings. The number of amides is 1. The molecule has 5 nitrogen and oxygen atoms in total. The number of anilines is 1. The van der Waals surface area contributed by atoms with Crippen molar-refractivity contribution in [1.29, 1.82) is 0 Å². The van der Waals surface area contributed by atoms with E-state index in [1.54, 1.807) is 39.0 Å². The third-order valence-corrected chi connectivity index (χ3v) is 7.41. The largest absolute Gasteiger partial charge is 0.459 e. The van der Waals surface area contributed by atoms with E-state index in [0.717, 1.165) is 11.1 Å². The van der Waals surface area contributed by atoms with Crippen LogP contribution in [-0.2, 0) is 19.7 Å². The molecule has 0 bridgehead atoms. The average Bonchev–Trinajstić information content (AvgIpc) is 3.17. The molecule has 2 aliphatic heterocycles. The maximum absolute atomic E-state index is 15.7. The molecular weight excluding hydrogens is 511 g/mol. The quantitative estimate of drug-likeness (QED) is 0.466. The van der Waals surface area contributed by atoms with Gasteiger partial charge in [0, 0.05) is 17.6 Å². The van der Waals surface area contributed by atoms with Gasteiger partial charge in [-0.1, -0.05) is 45.0 Å². The smallest absolute Gasteiger partial charge is 0.324 e. The average molecular weight is 545 g/mol. The summed E-state index contributed by atoms with van der Waals surface area (Å²) in [6.07, 6.45) is 0.596. The first-order valence-corrected chi connectivity index (χ1v) is 12.8. The zero-order valence-corrected chi connectivity index (χ0v) is 23.0. The zero-order chi connectivity index (χ0) is 25.9. The number of hydrogen-bond donors (Lipinski definition) is 2. The minimum Gasteiger partial charge on any atom is -0.459 e. The monoisotopic (exact) mass is 544 g/mol. The molecule has 188 valence electrons. The minimum atomic E-state index is -1.19. The lowest BCUT2D eigenvalue weighted by Crippen LogP contribution is -2.49. The molecule has 1 saturated heterocycles. The van der Waals surface area contributed by atoms with Crippen molar-refractivity contribution in [3.8, 4) is 0 Å². The maximum Gasteiger partial charge on any atom is 0.324 e. The summed E-state index contributed by atoms with van der Waals surface area (Å²) in [6, 6.07) is 9.54. The summed E-state index contributed by atoms with van der Waals surface area (Å²) < 4.78 is 21.8. The van der Waals surface area contributed by atoms with Gasteiger partial charge < -0.3 is 10.1 Å². The standard InChI is InChI=1S/C28H34BrFN2O3/c1-15-11-12-17-19(13-15)31-25(34)28(17)20(14-26(2,3)4)32-23(24(33)35-27(5,6)7)21(28)16-9-8-10-18(29)22(16)30/h8-13,20-21,23,32H,14H2,1-7H3,(H,31,34)/t20?,21?,23-,28-/m1/s1. The van der Waals surface area contributed by atoms with Crippen LogP contribution in [-0.4, -0.2) is 29.6 Å². The van der Waals surface area contributed by atoms with E-state index in [1.807, 2.05) is 25.1 Å². The number of carbonyl (C=O) groups is 2. The van der Waals surface area contributed by atoms with Gasteiger partial charge >= 0.3 is 5.97 Å². The fourth-order valence-electron chi connectivity index (χ4n) is 5.64. The van der Waals surface area contributed by atoms with E-state index in [4.69, 9.17) is 4.74 Å². The number of hydrogen-bond acceptors (Lipinski definition) is 4. The molecule has 4 atom stereocenters. The maximum atomic E-state index is 15.7. The molecule has 0 radical (unpaired) electrons. The van der Waals surface area contributed by atoms with Crippen LogP contribution in [0.1, 0.15) is 70.6 Å². The van der Waals surface area contributed by atoms with Crippen LogP contribution >= 0.6 is 15.9 Å². The number of esters is 1. The topological polar surface area (TPSA) is 67.4 Å². The molecule has 0 aromatic heterocycles. The molecule has 0 saturated carbocycles. The number of ether oxygens (including phenoxy) is 1. The number of halogens is 2. The predicted molar refractivity (Wildman–Crippen MR) is 139 cm³/mol. The Kier molecular flexibility index (Phi) is 6.42. The van der Waals surface area contributed by atoms with Gasteiger partial charge in [0.1, 0.15) is 22.9 Å². The van der Waals surface area contributed by atoms with E-state index in [9.17, 15) is 9.59 Å². The summed E-state index contributed by atoms with van der Waals surface area (Å²) in [6.45, 7) is 13.7. The summed E-state index contributed by atoms with van der Waals surface area (Å²) in [5, 5.41) is 6.53. The molecule has 2 N–H and O–H groups in total. The first-order valence-electron chi connectivity index (χ1n) is 12.0. The molecule has 2 aliphatic rings. The van der Waals surface area contributed by atoms with E-state index in [2.05, 4.69) is 47.3 Å². The number of fused-ring (bicyclic) bond motifs is 2. The molecular formula is C28H34BrFN2O3. The number of nitrogens with one attached hydrogen (secondary N) is 2. The van der Waals surface area contributed by atoms with Crippen molar-refractivity contribution in [1.82, 2.24) is 5.32 Å². The van der Waals surface area contributed by atoms with E-state index in [-0.39, 0.29) is 15.8 Å². The van der Waals surface area contributed by atoms with Crippen molar-refractivity contribution in [2.75, 3.05) is 5.32 Å². The van der Waals surface area contributed by atoms with Crippen LogP contribution in [0.15, 0.2) is 40.9 Å². The Morgan fingerprint density at radius 1 is 1.14 bits per heavy atom. The van der Waals surface area contributed by atoms with Crippen molar-refractivity contribution in [3.05, 3.63) is 63.4 Å². The Morgan fingerprint density at radius 2 is 1.83 bits per heavy atom. The zero-order valence-electron chi connectivity index (χ0n) is 21.4. The second kappa shape index (κ2) is 8.70. The summed E-state index contributed by atoms with van der Waals surface area (Å²) in [4.78, 5) is 27.7. The van der Waals surface area contributed by atoms with Crippen molar-refractivity contribution >= 4 is 33.5 Å². The number of carbonyl (C=O) groups excluding carboxylic acids is 2. The fourth-order valence-corrected chi connectivity index (χ4v) is 6.02. The van der Waals surface area contributed by atoms with Crippen molar-refractivity contribution in [2.45, 2.75) is 83.9 Å². The molecule has 2 heterocycles. The van der Waals surface area contributed by atoms with Crippen LogP contribution < -0.4 is 10.6 Å². The molecule has 1 fully saturated rings. The van der Waals surface area contributed by atoms with E-state index >= 15 is 4.39 Å². The van der Waals surface area contributed by atoms with Gasteiger partial charge in [-0.25, -0.2) is 4.39 Å². The van der Waals surface area contributed by atoms with E-state index in [1.165, 1.54) is 0 Å². The van der Waals surface area contributed by atoms with Crippen LogP contribution in [0, 0.1) is 18.2 Å². The van der Waals surface area contributed by atoms with Crippen molar-refractivity contribution in [2.24, 2.45) is 5.41 Å². The second-order valence-electron chi connectivity index (χ2n) is 12.0. The van der Waals surface area contributed by atoms with Crippen LogP contribution in [0.5, 0.6) is 0 Å². The molecule has 1 spiro atoms. The van der Waals surface area contributed by atoms with Crippen LogP contribution in [0.25, 0.3) is 0 Å².